The van der Waals surface area contributed by atoms with Crippen LogP contribution in [0.25, 0.3) is 10.9 Å². The standard InChI is InChI=1S/C18H16BrN3O4/c1-10-7-11-16(12(19)8-10)20-18(24)17(11)22-21-15(23)9-26-14-6-4-3-5-13(14)25-2/h3-8,20,24H,9H2,1-2H3. The fourth-order valence-corrected chi connectivity index (χ4v) is 3.15. The Labute approximate surface area is 157 Å². The molecule has 0 saturated heterocycles. The number of azo groups is 1. The van der Waals surface area contributed by atoms with Gasteiger partial charge in [-0.3, -0.25) is 4.79 Å². The van der Waals surface area contributed by atoms with Gasteiger partial charge in [-0.05, 0) is 52.7 Å². The fourth-order valence-electron chi connectivity index (χ4n) is 2.47. The average molecular weight is 418 g/mol. The molecule has 0 aliphatic rings. The van der Waals surface area contributed by atoms with Gasteiger partial charge in [0, 0.05) is 9.86 Å². The van der Waals surface area contributed by atoms with E-state index in [9.17, 15) is 9.90 Å². The minimum Gasteiger partial charge on any atom is -0.493 e. The number of carbonyl (C=O) groups is 1. The highest BCUT2D eigenvalue weighted by Gasteiger charge is 2.14. The zero-order chi connectivity index (χ0) is 18.7. The van der Waals surface area contributed by atoms with Gasteiger partial charge in [-0.1, -0.05) is 12.1 Å². The molecule has 0 aliphatic carbocycles. The number of rotatable bonds is 5. The van der Waals surface area contributed by atoms with Gasteiger partial charge in [-0.25, -0.2) is 0 Å². The molecule has 0 saturated carbocycles. The van der Waals surface area contributed by atoms with E-state index in [1.165, 1.54) is 7.11 Å². The highest BCUT2D eigenvalue weighted by molar-refractivity contribution is 9.10. The van der Waals surface area contributed by atoms with Gasteiger partial charge < -0.3 is 19.6 Å². The molecule has 1 amide bonds. The van der Waals surface area contributed by atoms with E-state index in [-0.39, 0.29) is 18.2 Å². The number of aryl methyl sites for hydroxylation is 1. The summed E-state index contributed by atoms with van der Waals surface area (Å²) in [7, 11) is 1.52. The van der Waals surface area contributed by atoms with Gasteiger partial charge >= 0.3 is 5.91 Å². The maximum Gasteiger partial charge on any atom is 0.302 e. The molecule has 7 nitrogen and oxygen atoms in total. The minimum atomic E-state index is -0.587. The highest BCUT2D eigenvalue weighted by atomic mass is 79.9. The molecule has 0 aliphatic heterocycles. The fraction of sp³-hybridized carbons (Fsp3) is 0.167. The first kappa shape index (κ1) is 17.9. The SMILES string of the molecule is COc1ccccc1OCC(=O)N=Nc1c(O)[nH]c2c(Br)cc(C)cc12. The molecule has 1 aromatic heterocycles. The summed E-state index contributed by atoms with van der Waals surface area (Å²) in [5, 5.41) is 18.2. The van der Waals surface area contributed by atoms with E-state index in [4.69, 9.17) is 9.47 Å². The van der Waals surface area contributed by atoms with Gasteiger partial charge in [0.2, 0.25) is 5.88 Å². The number of fused-ring (bicyclic) bond motifs is 1. The summed E-state index contributed by atoms with van der Waals surface area (Å²) in [6, 6.07) is 10.7. The van der Waals surface area contributed by atoms with Gasteiger partial charge in [0.1, 0.15) is 0 Å². The van der Waals surface area contributed by atoms with Crippen LogP contribution in [0.15, 0.2) is 51.1 Å². The number of nitrogens with one attached hydrogen (secondary N) is 1. The molecule has 134 valence electrons. The Balaban J connectivity index is 1.76. The van der Waals surface area contributed by atoms with Crippen molar-refractivity contribution in [1.29, 1.82) is 0 Å². The first-order chi connectivity index (χ1) is 12.5. The van der Waals surface area contributed by atoms with Crippen molar-refractivity contribution in [1.82, 2.24) is 4.98 Å². The zero-order valence-corrected chi connectivity index (χ0v) is 15.7. The van der Waals surface area contributed by atoms with Crippen molar-refractivity contribution in [3.63, 3.8) is 0 Å². The zero-order valence-electron chi connectivity index (χ0n) is 14.1. The maximum atomic E-state index is 12.0. The molecule has 0 unspecified atom stereocenters. The van der Waals surface area contributed by atoms with Crippen LogP contribution in [-0.2, 0) is 4.79 Å². The van der Waals surface area contributed by atoms with Crippen LogP contribution in [0.2, 0.25) is 0 Å². The van der Waals surface area contributed by atoms with Crippen molar-refractivity contribution in [2.24, 2.45) is 10.2 Å². The third kappa shape index (κ3) is 3.70. The lowest BCUT2D eigenvalue weighted by Crippen LogP contribution is -2.08. The first-order valence-electron chi connectivity index (χ1n) is 7.70. The Morgan fingerprint density at radius 2 is 2.00 bits per heavy atom. The number of hydrogen-bond donors (Lipinski definition) is 2. The number of para-hydroxylation sites is 2. The number of ether oxygens (including phenoxy) is 2. The van der Waals surface area contributed by atoms with Crippen LogP contribution in [-0.4, -0.2) is 29.7 Å². The molecular formula is C18H16BrN3O4. The third-order valence-corrected chi connectivity index (χ3v) is 4.26. The van der Waals surface area contributed by atoms with Crippen LogP contribution >= 0.6 is 15.9 Å². The largest absolute Gasteiger partial charge is 0.493 e. The topological polar surface area (TPSA) is 96.3 Å². The Bertz CT molecular complexity index is 998. The number of aromatic hydroxyl groups is 1. The lowest BCUT2D eigenvalue weighted by Gasteiger charge is -2.07. The second kappa shape index (κ2) is 7.57. The Kier molecular flexibility index (Phi) is 5.22. The molecule has 3 aromatic rings. The normalized spacial score (nSPS) is 11.2. The van der Waals surface area contributed by atoms with Crippen LogP contribution < -0.4 is 9.47 Å². The van der Waals surface area contributed by atoms with E-state index in [2.05, 4.69) is 31.1 Å². The minimum absolute atomic E-state index is 0.159. The van der Waals surface area contributed by atoms with Crippen molar-refractivity contribution >= 4 is 38.4 Å². The van der Waals surface area contributed by atoms with Crippen LogP contribution in [0.1, 0.15) is 5.56 Å². The number of benzene rings is 2. The third-order valence-electron chi connectivity index (χ3n) is 3.64. The summed E-state index contributed by atoms with van der Waals surface area (Å²) >= 11 is 3.43. The van der Waals surface area contributed by atoms with E-state index < -0.39 is 5.91 Å². The summed E-state index contributed by atoms with van der Waals surface area (Å²) in [6.45, 7) is 1.62. The van der Waals surface area contributed by atoms with Gasteiger partial charge in [0.25, 0.3) is 0 Å². The Hall–Kier alpha value is -2.87. The van der Waals surface area contributed by atoms with E-state index in [1.807, 2.05) is 19.1 Å². The Morgan fingerprint density at radius 1 is 1.27 bits per heavy atom. The summed E-state index contributed by atoms with van der Waals surface area (Å²) in [5.74, 6) is 0.213. The molecular weight excluding hydrogens is 402 g/mol. The monoisotopic (exact) mass is 417 g/mol. The van der Waals surface area contributed by atoms with Crippen LogP contribution in [0, 0.1) is 6.92 Å². The first-order valence-corrected chi connectivity index (χ1v) is 8.50. The molecule has 0 bridgehead atoms. The highest BCUT2D eigenvalue weighted by Crippen LogP contribution is 2.39. The predicted octanol–water partition coefficient (Wildman–Crippen LogP) is 4.64. The van der Waals surface area contributed by atoms with E-state index in [1.54, 1.807) is 24.3 Å². The number of aromatic amines is 1. The molecule has 0 atom stereocenters. The number of H-pyrrole nitrogens is 1. The van der Waals surface area contributed by atoms with Crippen LogP contribution in [0.4, 0.5) is 5.69 Å². The van der Waals surface area contributed by atoms with Gasteiger partial charge in [-0.15, -0.1) is 10.2 Å². The van der Waals surface area contributed by atoms with E-state index >= 15 is 0 Å². The number of hydrogen-bond acceptors (Lipinski definition) is 5. The Morgan fingerprint density at radius 3 is 2.73 bits per heavy atom. The quantitative estimate of drug-likeness (QED) is 0.590. The van der Waals surface area contributed by atoms with Crippen LogP contribution in [0.5, 0.6) is 17.4 Å². The van der Waals surface area contributed by atoms with Crippen molar-refractivity contribution < 1.29 is 19.4 Å². The predicted molar refractivity (Wildman–Crippen MR) is 100 cm³/mol. The molecule has 1 heterocycles. The van der Waals surface area contributed by atoms with Crippen molar-refractivity contribution in [2.45, 2.75) is 6.92 Å². The van der Waals surface area contributed by atoms with Crippen molar-refractivity contribution in [2.75, 3.05) is 13.7 Å². The lowest BCUT2D eigenvalue weighted by molar-refractivity contribution is -0.120. The summed E-state index contributed by atoms with van der Waals surface area (Å²) in [5.41, 5.74) is 1.86. The molecule has 3 rings (SSSR count). The number of methoxy groups -OCH3 is 1. The maximum absolute atomic E-state index is 12.0. The number of halogens is 1. The number of amides is 1. The number of nitrogens with zero attached hydrogens (tertiary/aromatic N) is 2. The molecule has 0 spiro atoms. The van der Waals surface area contributed by atoms with Crippen LogP contribution in [0.3, 0.4) is 0 Å². The summed E-state index contributed by atoms with van der Waals surface area (Å²) in [6.07, 6.45) is 0. The smallest absolute Gasteiger partial charge is 0.302 e. The number of aromatic nitrogens is 1. The second-order valence-electron chi connectivity index (χ2n) is 5.52. The molecule has 0 fully saturated rings. The molecule has 0 radical (unpaired) electrons. The molecule has 8 heteroatoms. The van der Waals surface area contributed by atoms with Crippen molar-refractivity contribution in [3.8, 4) is 17.4 Å². The average Bonchev–Trinajstić information content (AvgIpc) is 2.94. The van der Waals surface area contributed by atoms with Gasteiger partial charge in [0.15, 0.2) is 23.8 Å². The second-order valence-corrected chi connectivity index (χ2v) is 6.38. The van der Waals surface area contributed by atoms with Gasteiger partial charge in [-0.2, -0.15) is 0 Å². The molecule has 26 heavy (non-hydrogen) atoms. The molecule has 2 aromatic carbocycles. The van der Waals surface area contributed by atoms with E-state index in [0.29, 0.717) is 22.4 Å². The molecule has 2 N–H and O–H groups in total. The van der Waals surface area contributed by atoms with E-state index in [0.717, 1.165) is 10.0 Å². The van der Waals surface area contributed by atoms with Gasteiger partial charge in [0.05, 0.1) is 12.6 Å². The lowest BCUT2D eigenvalue weighted by atomic mass is 10.1. The number of carbonyl (C=O) groups excluding carboxylic acids is 1. The van der Waals surface area contributed by atoms with Crippen molar-refractivity contribution in [3.05, 3.63) is 46.4 Å². The summed E-state index contributed by atoms with van der Waals surface area (Å²) < 4.78 is 11.3. The summed E-state index contributed by atoms with van der Waals surface area (Å²) in [4.78, 5) is 14.8.